The number of Topliss-reactive ketones (excluding diaryl/α,β-unsaturated/α-hetero) is 1. The summed E-state index contributed by atoms with van der Waals surface area (Å²) in [5.74, 6) is -0.689. The number of nitrogens with one attached hydrogen (secondary N) is 1. The second kappa shape index (κ2) is 7.26. The Hall–Kier alpha value is -2.09. The van der Waals surface area contributed by atoms with E-state index in [1.165, 1.54) is 33.3 Å². The SMILES string of the molecule is COc1cc(C(=O)CS(C)(=O)=O)cc(OC)c1CNC(C)=O. The topological polar surface area (TPSA) is 98.8 Å². The van der Waals surface area contributed by atoms with Gasteiger partial charge in [0.15, 0.2) is 15.6 Å². The van der Waals surface area contributed by atoms with E-state index in [9.17, 15) is 18.0 Å². The molecule has 0 aliphatic heterocycles. The summed E-state index contributed by atoms with van der Waals surface area (Å²) >= 11 is 0. The van der Waals surface area contributed by atoms with E-state index >= 15 is 0 Å². The van der Waals surface area contributed by atoms with Crippen molar-refractivity contribution < 1.29 is 27.5 Å². The molecule has 0 spiro atoms. The summed E-state index contributed by atoms with van der Waals surface area (Å²) in [4.78, 5) is 23.0. The Morgan fingerprint density at radius 2 is 1.64 bits per heavy atom. The van der Waals surface area contributed by atoms with Crippen LogP contribution in [-0.4, -0.2) is 46.3 Å². The fourth-order valence-electron chi connectivity index (χ4n) is 1.85. The molecule has 7 nitrogen and oxygen atoms in total. The second-order valence-corrected chi connectivity index (χ2v) is 6.90. The minimum absolute atomic E-state index is 0.169. The van der Waals surface area contributed by atoms with Gasteiger partial charge in [-0.2, -0.15) is 0 Å². The number of ether oxygens (including phenoxy) is 2. The summed E-state index contributed by atoms with van der Waals surface area (Å²) in [5, 5.41) is 2.62. The molecule has 122 valence electrons. The number of sulfone groups is 1. The van der Waals surface area contributed by atoms with Crippen molar-refractivity contribution in [1.82, 2.24) is 5.32 Å². The van der Waals surface area contributed by atoms with Gasteiger partial charge in [-0.15, -0.1) is 0 Å². The summed E-state index contributed by atoms with van der Waals surface area (Å²) < 4.78 is 32.9. The van der Waals surface area contributed by atoms with Crippen LogP contribution in [0.2, 0.25) is 0 Å². The van der Waals surface area contributed by atoms with Crippen LogP contribution in [0.1, 0.15) is 22.8 Å². The van der Waals surface area contributed by atoms with Crippen molar-refractivity contribution in [2.45, 2.75) is 13.5 Å². The van der Waals surface area contributed by atoms with E-state index < -0.39 is 21.4 Å². The predicted molar refractivity (Wildman–Crippen MR) is 81.1 cm³/mol. The monoisotopic (exact) mass is 329 g/mol. The van der Waals surface area contributed by atoms with E-state index in [1.54, 1.807) is 0 Å². The molecule has 1 aromatic rings. The van der Waals surface area contributed by atoms with Crippen molar-refractivity contribution in [2.24, 2.45) is 0 Å². The maximum absolute atomic E-state index is 12.0. The summed E-state index contributed by atoms with van der Waals surface area (Å²) in [5.41, 5.74) is 0.738. The molecule has 0 saturated carbocycles. The van der Waals surface area contributed by atoms with Gasteiger partial charge in [-0.05, 0) is 12.1 Å². The van der Waals surface area contributed by atoms with Crippen LogP contribution < -0.4 is 14.8 Å². The Morgan fingerprint density at radius 3 is 2.00 bits per heavy atom. The van der Waals surface area contributed by atoms with Crippen molar-refractivity contribution in [1.29, 1.82) is 0 Å². The normalized spacial score (nSPS) is 10.9. The third-order valence-corrected chi connectivity index (χ3v) is 3.62. The van der Waals surface area contributed by atoms with Crippen molar-refractivity contribution in [2.75, 3.05) is 26.2 Å². The zero-order chi connectivity index (χ0) is 16.9. The van der Waals surface area contributed by atoms with Gasteiger partial charge in [0.25, 0.3) is 0 Å². The fraction of sp³-hybridized carbons (Fsp3) is 0.429. The smallest absolute Gasteiger partial charge is 0.217 e. The van der Waals surface area contributed by atoms with Crippen LogP contribution >= 0.6 is 0 Å². The molecule has 0 saturated heterocycles. The van der Waals surface area contributed by atoms with Gasteiger partial charge in [0.05, 0.1) is 26.3 Å². The summed E-state index contributed by atoms with van der Waals surface area (Å²) in [6, 6.07) is 2.88. The largest absolute Gasteiger partial charge is 0.496 e. The van der Waals surface area contributed by atoms with Crippen LogP contribution in [0.15, 0.2) is 12.1 Å². The minimum atomic E-state index is -3.43. The molecule has 8 heteroatoms. The van der Waals surface area contributed by atoms with Crippen LogP contribution in [0.4, 0.5) is 0 Å². The Labute approximate surface area is 129 Å². The lowest BCUT2D eigenvalue weighted by Gasteiger charge is -2.15. The zero-order valence-corrected chi connectivity index (χ0v) is 13.7. The van der Waals surface area contributed by atoms with Gasteiger partial charge >= 0.3 is 0 Å². The van der Waals surface area contributed by atoms with Crippen LogP contribution in [-0.2, 0) is 21.2 Å². The average Bonchev–Trinajstić information content (AvgIpc) is 2.41. The third-order valence-electron chi connectivity index (χ3n) is 2.84. The van der Waals surface area contributed by atoms with E-state index in [4.69, 9.17) is 9.47 Å². The first-order chi connectivity index (χ1) is 10.2. The van der Waals surface area contributed by atoms with Crippen molar-refractivity contribution >= 4 is 21.5 Å². The van der Waals surface area contributed by atoms with E-state index in [-0.39, 0.29) is 18.0 Å². The molecule has 22 heavy (non-hydrogen) atoms. The molecular weight excluding hydrogens is 310 g/mol. The average molecular weight is 329 g/mol. The zero-order valence-electron chi connectivity index (χ0n) is 12.9. The number of rotatable bonds is 7. The van der Waals surface area contributed by atoms with Gasteiger partial charge in [0.1, 0.15) is 17.3 Å². The number of methoxy groups -OCH3 is 2. The molecule has 0 atom stereocenters. The standard InChI is InChI=1S/C14H19NO6S/c1-9(16)15-7-11-13(20-2)5-10(6-14(11)21-3)12(17)8-22(4,18)19/h5-6H,7-8H2,1-4H3,(H,15,16). The molecule has 1 rings (SSSR count). The molecule has 0 fully saturated rings. The quantitative estimate of drug-likeness (QED) is 0.734. The summed E-state index contributed by atoms with van der Waals surface area (Å²) in [7, 11) is -0.603. The highest BCUT2D eigenvalue weighted by molar-refractivity contribution is 7.91. The lowest BCUT2D eigenvalue weighted by Crippen LogP contribution is -2.20. The van der Waals surface area contributed by atoms with Gasteiger partial charge in [-0.25, -0.2) is 8.42 Å². The minimum Gasteiger partial charge on any atom is -0.496 e. The molecular formula is C14H19NO6S. The van der Waals surface area contributed by atoms with Gasteiger partial charge in [0, 0.05) is 18.7 Å². The number of amides is 1. The highest BCUT2D eigenvalue weighted by atomic mass is 32.2. The number of carbonyl (C=O) groups is 2. The first kappa shape index (κ1) is 18.0. The van der Waals surface area contributed by atoms with Crippen molar-refractivity contribution in [3.05, 3.63) is 23.3 Å². The highest BCUT2D eigenvalue weighted by Crippen LogP contribution is 2.30. The maximum atomic E-state index is 12.0. The fourth-order valence-corrected chi connectivity index (χ4v) is 2.50. The Kier molecular flexibility index (Phi) is 5.92. The van der Waals surface area contributed by atoms with Gasteiger partial charge in [-0.1, -0.05) is 0 Å². The highest BCUT2D eigenvalue weighted by Gasteiger charge is 2.19. The number of hydrogen-bond acceptors (Lipinski definition) is 6. The third kappa shape index (κ3) is 5.03. The number of ketones is 1. The van der Waals surface area contributed by atoms with Crippen LogP contribution in [0.5, 0.6) is 11.5 Å². The summed E-state index contributed by atoms with van der Waals surface area (Å²) in [6.45, 7) is 1.55. The Bertz CT molecular complexity index is 656. The maximum Gasteiger partial charge on any atom is 0.217 e. The second-order valence-electron chi connectivity index (χ2n) is 4.76. The predicted octanol–water partition coefficient (Wildman–Crippen LogP) is 0.567. The van der Waals surface area contributed by atoms with Crippen LogP contribution in [0.3, 0.4) is 0 Å². The lowest BCUT2D eigenvalue weighted by atomic mass is 10.1. The lowest BCUT2D eigenvalue weighted by molar-refractivity contribution is -0.119. The number of carbonyl (C=O) groups excluding carboxylic acids is 2. The summed E-state index contributed by atoms with van der Waals surface area (Å²) in [6.07, 6.45) is 0.991. The number of benzene rings is 1. The van der Waals surface area contributed by atoms with Gasteiger partial charge in [-0.3, -0.25) is 9.59 Å². The molecule has 0 bridgehead atoms. The Balaban J connectivity index is 3.24. The molecule has 0 aliphatic rings. The van der Waals surface area contributed by atoms with Gasteiger partial charge in [0.2, 0.25) is 5.91 Å². The van der Waals surface area contributed by atoms with Gasteiger partial charge < -0.3 is 14.8 Å². The molecule has 1 aromatic carbocycles. The molecule has 0 unspecified atom stereocenters. The molecule has 0 aromatic heterocycles. The van der Waals surface area contributed by atoms with E-state index in [0.717, 1.165) is 6.26 Å². The molecule has 0 heterocycles. The van der Waals surface area contributed by atoms with Crippen molar-refractivity contribution in [3.8, 4) is 11.5 Å². The van der Waals surface area contributed by atoms with Crippen LogP contribution in [0.25, 0.3) is 0 Å². The Morgan fingerprint density at radius 1 is 1.14 bits per heavy atom. The van der Waals surface area contributed by atoms with E-state index in [0.29, 0.717) is 17.1 Å². The molecule has 0 aliphatic carbocycles. The molecule has 1 amide bonds. The van der Waals surface area contributed by atoms with Crippen LogP contribution in [0, 0.1) is 0 Å². The number of hydrogen-bond donors (Lipinski definition) is 1. The molecule has 0 radical (unpaired) electrons. The van der Waals surface area contributed by atoms with E-state index in [1.807, 2.05) is 0 Å². The first-order valence-corrected chi connectivity index (χ1v) is 8.44. The van der Waals surface area contributed by atoms with E-state index in [2.05, 4.69) is 5.32 Å². The molecule has 1 N–H and O–H groups in total. The van der Waals surface area contributed by atoms with Crippen molar-refractivity contribution in [3.63, 3.8) is 0 Å². The first-order valence-electron chi connectivity index (χ1n) is 6.38.